The van der Waals surface area contributed by atoms with Gasteiger partial charge in [0.15, 0.2) is 0 Å². The van der Waals surface area contributed by atoms with Crippen molar-refractivity contribution in [3.8, 4) is 0 Å². The maximum Gasteiger partial charge on any atom is 0.337 e. The van der Waals surface area contributed by atoms with Crippen LogP contribution in [0.15, 0.2) is 18.2 Å². The highest BCUT2D eigenvalue weighted by Gasteiger charge is 2.16. The fraction of sp³-hybridized carbons (Fsp3) is 0.467. The molecule has 0 spiro atoms. The van der Waals surface area contributed by atoms with Crippen LogP contribution in [0.3, 0.4) is 0 Å². The molecule has 116 valence electrons. The van der Waals surface area contributed by atoms with E-state index in [1.807, 2.05) is 0 Å². The van der Waals surface area contributed by atoms with Crippen molar-refractivity contribution in [1.82, 2.24) is 0 Å². The van der Waals surface area contributed by atoms with Crippen LogP contribution in [0.2, 0.25) is 0 Å². The number of hydrogen-bond acceptors (Lipinski definition) is 6. The lowest BCUT2D eigenvalue weighted by Crippen LogP contribution is -2.28. The SMILES string of the molecule is COC(=O)c1ccc(NCC(=O)OC(C)(C)C)c(CN)c1. The average Bonchev–Trinajstić information content (AvgIpc) is 2.42. The molecule has 0 unspecified atom stereocenters. The van der Waals surface area contributed by atoms with Crippen molar-refractivity contribution in [3.05, 3.63) is 29.3 Å². The third kappa shape index (κ3) is 5.43. The van der Waals surface area contributed by atoms with Gasteiger partial charge >= 0.3 is 11.9 Å². The fourth-order valence-corrected chi connectivity index (χ4v) is 1.72. The quantitative estimate of drug-likeness (QED) is 0.803. The van der Waals surface area contributed by atoms with Crippen LogP contribution in [-0.4, -0.2) is 31.2 Å². The third-order valence-electron chi connectivity index (χ3n) is 2.59. The second-order valence-electron chi connectivity index (χ2n) is 5.51. The maximum atomic E-state index is 11.7. The van der Waals surface area contributed by atoms with Crippen molar-refractivity contribution < 1.29 is 19.1 Å². The molecule has 0 saturated carbocycles. The van der Waals surface area contributed by atoms with Crippen LogP contribution in [0.5, 0.6) is 0 Å². The van der Waals surface area contributed by atoms with Gasteiger partial charge in [0.05, 0.1) is 12.7 Å². The normalized spacial score (nSPS) is 10.9. The first-order valence-corrected chi connectivity index (χ1v) is 6.64. The summed E-state index contributed by atoms with van der Waals surface area (Å²) in [5, 5.41) is 2.96. The molecule has 0 saturated heterocycles. The number of rotatable bonds is 5. The number of anilines is 1. The highest BCUT2D eigenvalue weighted by atomic mass is 16.6. The molecular formula is C15H22N2O4. The summed E-state index contributed by atoms with van der Waals surface area (Å²) in [7, 11) is 1.32. The van der Waals surface area contributed by atoms with E-state index in [-0.39, 0.29) is 19.1 Å². The summed E-state index contributed by atoms with van der Waals surface area (Å²) in [6, 6.07) is 4.95. The largest absolute Gasteiger partial charge is 0.465 e. The van der Waals surface area contributed by atoms with Crippen LogP contribution in [0.1, 0.15) is 36.7 Å². The summed E-state index contributed by atoms with van der Waals surface area (Å²) < 4.78 is 9.86. The molecule has 0 bridgehead atoms. The van der Waals surface area contributed by atoms with E-state index in [0.29, 0.717) is 11.3 Å². The molecule has 0 atom stereocenters. The van der Waals surface area contributed by atoms with Gasteiger partial charge in [-0.3, -0.25) is 4.79 Å². The van der Waals surface area contributed by atoms with Crippen molar-refractivity contribution in [2.75, 3.05) is 19.0 Å². The first kappa shape index (κ1) is 17.0. The lowest BCUT2D eigenvalue weighted by atomic mass is 10.1. The first-order valence-electron chi connectivity index (χ1n) is 6.64. The number of carbonyl (C=O) groups excluding carboxylic acids is 2. The summed E-state index contributed by atoms with van der Waals surface area (Å²) in [4.78, 5) is 23.1. The summed E-state index contributed by atoms with van der Waals surface area (Å²) in [6.07, 6.45) is 0. The van der Waals surface area contributed by atoms with E-state index in [9.17, 15) is 9.59 Å². The minimum Gasteiger partial charge on any atom is -0.465 e. The minimum absolute atomic E-state index is 0.0296. The van der Waals surface area contributed by atoms with Gasteiger partial charge < -0.3 is 20.5 Å². The van der Waals surface area contributed by atoms with Crippen LogP contribution in [0.4, 0.5) is 5.69 Å². The predicted molar refractivity (Wildman–Crippen MR) is 80.0 cm³/mol. The second-order valence-corrected chi connectivity index (χ2v) is 5.51. The molecule has 21 heavy (non-hydrogen) atoms. The zero-order valence-electron chi connectivity index (χ0n) is 12.9. The van der Waals surface area contributed by atoms with Crippen molar-refractivity contribution in [2.45, 2.75) is 32.9 Å². The van der Waals surface area contributed by atoms with E-state index < -0.39 is 11.6 Å². The number of nitrogens with two attached hydrogens (primary N) is 1. The Kier molecular flexibility index (Phi) is 5.72. The van der Waals surface area contributed by atoms with E-state index in [4.69, 9.17) is 10.5 Å². The Hall–Kier alpha value is -2.08. The second kappa shape index (κ2) is 7.08. The van der Waals surface area contributed by atoms with E-state index >= 15 is 0 Å². The van der Waals surface area contributed by atoms with Crippen molar-refractivity contribution in [2.24, 2.45) is 5.73 Å². The Balaban J connectivity index is 2.75. The van der Waals surface area contributed by atoms with Gasteiger partial charge in [-0.25, -0.2) is 4.79 Å². The van der Waals surface area contributed by atoms with Crippen LogP contribution < -0.4 is 11.1 Å². The van der Waals surface area contributed by atoms with Gasteiger partial charge in [-0.15, -0.1) is 0 Å². The lowest BCUT2D eigenvalue weighted by molar-refractivity contribution is -0.152. The molecule has 1 aromatic carbocycles. The molecule has 6 nitrogen and oxygen atoms in total. The fourth-order valence-electron chi connectivity index (χ4n) is 1.72. The number of ether oxygens (including phenoxy) is 2. The third-order valence-corrected chi connectivity index (χ3v) is 2.59. The molecular weight excluding hydrogens is 272 g/mol. The van der Waals surface area contributed by atoms with Gasteiger partial charge in [0.1, 0.15) is 12.1 Å². The molecule has 3 N–H and O–H groups in total. The van der Waals surface area contributed by atoms with E-state index in [1.165, 1.54) is 7.11 Å². The van der Waals surface area contributed by atoms with E-state index in [2.05, 4.69) is 10.1 Å². The highest BCUT2D eigenvalue weighted by Crippen LogP contribution is 2.18. The minimum atomic E-state index is -0.524. The van der Waals surface area contributed by atoms with Gasteiger partial charge in [-0.05, 0) is 44.5 Å². The summed E-state index contributed by atoms with van der Waals surface area (Å²) in [6.45, 7) is 5.69. The summed E-state index contributed by atoms with van der Waals surface area (Å²) >= 11 is 0. The van der Waals surface area contributed by atoms with Crippen LogP contribution in [0, 0.1) is 0 Å². The first-order chi connectivity index (χ1) is 9.76. The number of nitrogens with one attached hydrogen (secondary N) is 1. The molecule has 0 aromatic heterocycles. The lowest BCUT2D eigenvalue weighted by Gasteiger charge is -2.20. The monoisotopic (exact) mass is 294 g/mol. The van der Waals surface area contributed by atoms with Crippen molar-refractivity contribution >= 4 is 17.6 Å². The molecule has 1 rings (SSSR count). The molecule has 0 radical (unpaired) electrons. The number of benzene rings is 1. The van der Waals surface area contributed by atoms with Gasteiger partial charge in [0.25, 0.3) is 0 Å². The van der Waals surface area contributed by atoms with Gasteiger partial charge in [0.2, 0.25) is 0 Å². The molecule has 0 amide bonds. The highest BCUT2D eigenvalue weighted by molar-refractivity contribution is 5.90. The summed E-state index contributed by atoms with van der Waals surface area (Å²) in [5.74, 6) is -0.786. The van der Waals surface area contributed by atoms with E-state index in [1.54, 1.807) is 39.0 Å². The van der Waals surface area contributed by atoms with Crippen LogP contribution in [0.25, 0.3) is 0 Å². The zero-order valence-corrected chi connectivity index (χ0v) is 12.9. The van der Waals surface area contributed by atoms with Crippen molar-refractivity contribution in [3.63, 3.8) is 0 Å². The molecule has 0 heterocycles. The Morgan fingerprint density at radius 1 is 1.29 bits per heavy atom. The van der Waals surface area contributed by atoms with Gasteiger partial charge in [-0.1, -0.05) is 0 Å². The topological polar surface area (TPSA) is 90.6 Å². The Morgan fingerprint density at radius 2 is 1.95 bits per heavy atom. The number of methoxy groups -OCH3 is 1. The van der Waals surface area contributed by atoms with Crippen LogP contribution >= 0.6 is 0 Å². The Labute approximate surface area is 124 Å². The predicted octanol–water partition coefficient (Wildman–Crippen LogP) is 1.69. The Bertz CT molecular complexity index is 521. The molecule has 6 heteroatoms. The molecule has 0 aliphatic carbocycles. The van der Waals surface area contributed by atoms with Crippen LogP contribution in [-0.2, 0) is 20.8 Å². The number of carbonyl (C=O) groups is 2. The Morgan fingerprint density at radius 3 is 2.48 bits per heavy atom. The van der Waals surface area contributed by atoms with Gasteiger partial charge in [-0.2, -0.15) is 0 Å². The van der Waals surface area contributed by atoms with Gasteiger partial charge in [0, 0.05) is 12.2 Å². The standard InChI is InChI=1S/C15H22N2O4/c1-15(2,3)21-13(18)9-17-12-6-5-10(14(19)20-4)7-11(12)8-16/h5-7,17H,8-9,16H2,1-4H3. The molecule has 0 fully saturated rings. The maximum absolute atomic E-state index is 11.7. The zero-order chi connectivity index (χ0) is 16.0. The van der Waals surface area contributed by atoms with Crippen molar-refractivity contribution in [1.29, 1.82) is 0 Å². The summed E-state index contributed by atoms with van der Waals surface area (Å²) in [5.41, 5.74) is 6.97. The molecule has 0 aliphatic rings. The number of esters is 2. The smallest absolute Gasteiger partial charge is 0.337 e. The molecule has 1 aromatic rings. The van der Waals surface area contributed by atoms with E-state index in [0.717, 1.165) is 5.56 Å². The average molecular weight is 294 g/mol. The number of hydrogen-bond donors (Lipinski definition) is 2. The molecule has 0 aliphatic heterocycles.